The summed E-state index contributed by atoms with van der Waals surface area (Å²) in [5, 5.41) is 3.16. The predicted molar refractivity (Wildman–Crippen MR) is 183 cm³/mol. The van der Waals surface area contributed by atoms with Gasteiger partial charge < -0.3 is 15.8 Å². The summed E-state index contributed by atoms with van der Waals surface area (Å²) in [6.07, 6.45) is 8.15. The Morgan fingerprint density at radius 1 is 1.07 bits per heavy atom. The largest absolute Gasteiger partial charge is 0.491 e. The molecule has 3 aromatic rings. The van der Waals surface area contributed by atoms with Gasteiger partial charge in [0.1, 0.15) is 11.4 Å². The van der Waals surface area contributed by atoms with E-state index in [0.717, 1.165) is 54.6 Å². The van der Waals surface area contributed by atoms with Crippen LogP contribution in [-0.4, -0.2) is 24.0 Å². The Bertz CT molecular complexity index is 1410. The van der Waals surface area contributed by atoms with Crippen LogP contribution in [0.4, 0.5) is 13.2 Å². The van der Waals surface area contributed by atoms with E-state index < -0.39 is 11.7 Å². The Balaban J connectivity index is 0.000000287. The average molecular weight is 640 g/mol. The molecule has 0 unspecified atom stereocenters. The molecule has 8 heteroatoms. The number of allylic oxidation sites excluding steroid dienone is 1. The number of nitrogens with two attached hydrogens (primary N) is 1. The highest BCUT2D eigenvalue weighted by Crippen LogP contribution is 2.38. The van der Waals surface area contributed by atoms with Crippen molar-refractivity contribution >= 4 is 5.91 Å². The van der Waals surface area contributed by atoms with Gasteiger partial charge in [-0.05, 0) is 87.4 Å². The third-order valence-electron chi connectivity index (χ3n) is 7.59. The summed E-state index contributed by atoms with van der Waals surface area (Å²) < 4.78 is 43.9. The van der Waals surface area contributed by atoms with Crippen molar-refractivity contribution < 1.29 is 22.7 Å². The topological polar surface area (TPSA) is 77.2 Å². The molecule has 5 nitrogen and oxygen atoms in total. The molecule has 3 N–H and O–H groups in total. The first-order valence-electron chi connectivity index (χ1n) is 15.9. The molecule has 0 saturated heterocycles. The van der Waals surface area contributed by atoms with Crippen molar-refractivity contribution in [3.05, 3.63) is 94.3 Å². The summed E-state index contributed by atoms with van der Waals surface area (Å²) in [6, 6.07) is 13.9. The Hall–Kier alpha value is -3.81. The third-order valence-corrected chi connectivity index (χ3v) is 7.59. The summed E-state index contributed by atoms with van der Waals surface area (Å²) >= 11 is 0. The number of rotatable bonds is 7. The summed E-state index contributed by atoms with van der Waals surface area (Å²) in [4.78, 5) is 13.9. The van der Waals surface area contributed by atoms with Crippen LogP contribution in [0.25, 0.3) is 11.3 Å². The number of nitrogens with zero attached hydrogens (tertiary/aromatic N) is 1. The molecule has 46 heavy (non-hydrogen) atoms. The maximum Gasteiger partial charge on any atom is 0.416 e. The second-order valence-corrected chi connectivity index (χ2v) is 12.2. The maximum absolute atomic E-state index is 12.8. The third kappa shape index (κ3) is 13.7. The lowest BCUT2D eigenvalue weighted by atomic mass is 10.0. The molecule has 0 radical (unpaired) electrons. The van der Waals surface area contributed by atoms with Crippen molar-refractivity contribution in [3.63, 3.8) is 0 Å². The minimum atomic E-state index is -4.34. The van der Waals surface area contributed by atoms with E-state index in [-0.39, 0.29) is 13.3 Å². The molecular formula is C38H52F3N3O2. The zero-order chi connectivity index (χ0) is 33.0. The van der Waals surface area contributed by atoms with Gasteiger partial charge in [0.2, 0.25) is 5.91 Å². The van der Waals surface area contributed by atoms with Crippen molar-refractivity contribution in [2.24, 2.45) is 17.6 Å². The van der Waals surface area contributed by atoms with Gasteiger partial charge in [0, 0.05) is 43.1 Å². The summed E-state index contributed by atoms with van der Waals surface area (Å²) in [6.45, 7) is 11.2. The van der Waals surface area contributed by atoms with Gasteiger partial charge in [-0.3, -0.25) is 4.79 Å². The number of pyridine rings is 1. The van der Waals surface area contributed by atoms with Gasteiger partial charge in [0.25, 0.3) is 0 Å². The standard InChI is InChI=1S/C19H19F3N2O.C12H16.C4H8.C2H5NO.CH4/c1-2-9-23-10-7-16-12-14-8-11-25-18(14)17(24-16)13-3-5-15(6-4-13)19(20,21)22;1-9-3-6-12(10(2)7-9)8-11-4-5-11;1-4-2-3-4;1-2(3)4;/h2-6,9,12,23H,7-8,10-11H2,1H3;3,6-7,11H,4-5,8H2,1-2H3;4H,2-3H2,1H3;1H3,(H2,3,4);1H4/b9-2-;;;;. The van der Waals surface area contributed by atoms with Gasteiger partial charge in [-0.1, -0.05) is 69.2 Å². The molecule has 1 amide bonds. The number of hydrogen-bond donors (Lipinski definition) is 2. The van der Waals surface area contributed by atoms with E-state index in [1.54, 1.807) is 5.56 Å². The normalized spacial score (nSPS) is 14.6. The fourth-order valence-corrected chi connectivity index (χ4v) is 4.67. The van der Waals surface area contributed by atoms with Gasteiger partial charge in [0.15, 0.2) is 0 Å². The molecule has 252 valence electrons. The number of carbonyl (C=O) groups is 1. The first-order chi connectivity index (χ1) is 21.4. The number of benzene rings is 2. The van der Waals surface area contributed by atoms with Crippen LogP contribution in [-0.2, 0) is 30.2 Å². The number of hydrogen-bond acceptors (Lipinski definition) is 4. The van der Waals surface area contributed by atoms with E-state index in [2.05, 4.69) is 55.0 Å². The van der Waals surface area contributed by atoms with Gasteiger partial charge in [-0.25, -0.2) is 4.98 Å². The highest BCUT2D eigenvalue weighted by atomic mass is 19.4. The van der Waals surface area contributed by atoms with E-state index in [0.29, 0.717) is 23.6 Å². The Kier molecular flexibility index (Phi) is 15.3. The molecular weight excluding hydrogens is 587 g/mol. The second-order valence-electron chi connectivity index (χ2n) is 12.2. The fourth-order valence-electron chi connectivity index (χ4n) is 4.67. The van der Waals surface area contributed by atoms with Gasteiger partial charge >= 0.3 is 6.18 Å². The molecule has 2 aromatic carbocycles. The van der Waals surface area contributed by atoms with Gasteiger partial charge in [-0.2, -0.15) is 13.2 Å². The van der Waals surface area contributed by atoms with Crippen LogP contribution in [0.15, 0.2) is 60.8 Å². The molecule has 6 rings (SSSR count). The van der Waals surface area contributed by atoms with Crippen LogP contribution in [0.2, 0.25) is 0 Å². The lowest BCUT2D eigenvalue weighted by Gasteiger charge is -2.12. The molecule has 2 aliphatic carbocycles. The van der Waals surface area contributed by atoms with Crippen molar-refractivity contribution in [1.82, 2.24) is 10.3 Å². The highest BCUT2D eigenvalue weighted by Gasteiger charge is 2.30. The average Bonchev–Trinajstić information content (AvgIpc) is 3.91. The van der Waals surface area contributed by atoms with Crippen LogP contribution in [0.5, 0.6) is 5.75 Å². The Morgan fingerprint density at radius 2 is 1.70 bits per heavy atom. The summed E-state index contributed by atoms with van der Waals surface area (Å²) in [7, 11) is 0. The van der Waals surface area contributed by atoms with Crippen LogP contribution < -0.4 is 15.8 Å². The SMILES string of the molecule is C.C/C=C\NCCc1cc2c(c(-c3ccc(C(F)(F)F)cc3)n1)OCC2.CC(N)=O.CC1CC1.Cc1ccc(CC2CC2)c(C)c1. The maximum atomic E-state index is 12.8. The minimum absolute atomic E-state index is 0. The quantitative estimate of drug-likeness (QED) is 0.253. The zero-order valence-electron chi connectivity index (χ0n) is 27.3. The molecule has 2 saturated carbocycles. The molecule has 2 heterocycles. The number of aromatic nitrogens is 1. The molecule has 1 aliphatic heterocycles. The smallest absolute Gasteiger partial charge is 0.416 e. The van der Waals surface area contributed by atoms with E-state index in [1.807, 2.05) is 25.3 Å². The Morgan fingerprint density at radius 3 is 2.22 bits per heavy atom. The number of carbonyl (C=O) groups excluding carboxylic acids is 1. The second kappa shape index (κ2) is 18.4. The number of alkyl halides is 3. The number of halogens is 3. The first kappa shape index (κ1) is 38.4. The van der Waals surface area contributed by atoms with E-state index in [1.165, 1.54) is 62.3 Å². The highest BCUT2D eigenvalue weighted by molar-refractivity contribution is 5.70. The summed E-state index contributed by atoms with van der Waals surface area (Å²) in [5.41, 5.74) is 11.4. The number of aryl methyl sites for hydroxylation is 2. The van der Waals surface area contributed by atoms with Gasteiger partial charge in [0.05, 0.1) is 12.2 Å². The molecule has 0 spiro atoms. The van der Waals surface area contributed by atoms with E-state index in [4.69, 9.17) is 4.74 Å². The van der Waals surface area contributed by atoms with E-state index in [9.17, 15) is 18.0 Å². The minimum Gasteiger partial charge on any atom is -0.491 e. The van der Waals surface area contributed by atoms with Crippen molar-refractivity contribution in [3.8, 4) is 17.0 Å². The number of amides is 1. The predicted octanol–water partition coefficient (Wildman–Crippen LogP) is 9.17. The lowest BCUT2D eigenvalue weighted by molar-refractivity contribution is -0.137. The molecule has 1 aromatic heterocycles. The summed E-state index contributed by atoms with van der Waals surface area (Å²) in [5.74, 6) is 2.44. The number of primary amides is 1. The first-order valence-corrected chi connectivity index (χ1v) is 15.9. The molecule has 0 atom stereocenters. The number of ether oxygens (including phenoxy) is 1. The zero-order valence-corrected chi connectivity index (χ0v) is 27.3. The van der Waals surface area contributed by atoms with Crippen LogP contribution in [0.3, 0.4) is 0 Å². The van der Waals surface area contributed by atoms with Crippen molar-refractivity contribution in [1.29, 1.82) is 0 Å². The van der Waals surface area contributed by atoms with Crippen LogP contribution in [0.1, 0.15) is 87.4 Å². The van der Waals surface area contributed by atoms with Crippen LogP contribution >= 0.6 is 0 Å². The molecule has 2 fully saturated rings. The van der Waals surface area contributed by atoms with Crippen molar-refractivity contribution in [2.45, 2.75) is 93.2 Å². The molecule has 3 aliphatic rings. The number of nitrogens with one attached hydrogen (secondary N) is 1. The monoisotopic (exact) mass is 639 g/mol. The lowest BCUT2D eigenvalue weighted by Crippen LogP contribution is -2.11. The van der Waals surface area contributed by atoms with Gasteiger partial charge in [-0.15, -0.1) is 0 Å². The van der Waals surface area contributed by atoms with Crippen LogP contribution in [0, 0.1) is 25.7 Å². The fraction of sp³-hybridized carbons (Fsp3) is 0.474. The molecule has 0 bridgehead atoms. The number of fused-ring (bicyclic) bond motifs is 1. The van der Waals surface area contributed by atoms with E-state index >= 15 is 0 Å². The Labute approximate surface area is 273 Å². The van der Waals surface area contributed by atoms with Crippen molar-refractivity contribution in [2.75, 3.05) is 13.2 Å².